The molecule has 0 saturated carbocycles. The first-order valence-electron chi connectivity index (χ1n) is 13.5. The van der Waals surface area contributed by atoms with Crippen LogP contribution in [0.5, 0.6) is 5.75 Å². The molecule has 4 aromatic rings. The van der Waals surface area contributed by atoms with Crippen molar-refractivity contribution in [3.8, 4) is 11.4 Å². The van der Waals surface area contributed by atoms with Gasteiger partial charge in [0.15, 0.2) is 0 Å². The number of carbonyl (C=O) groups excluding carboxylic acids is 2. The van der Waals surface area contributed by atoms with Crippen LogP contribution in [0.3, 0.4) is 0 Å². The van der Waals surface area contributed by atoms with Crippen LogP contribution in [0.15, 0.2) is 76.0 Å². The van der Waals surface area contributed by atoms with Gasteiger partial charge in [-0.2, -0.15) is 0 Å². The van der Waals surface area contributed by atoms with E-state index in [1.807, 2.05) is 26.0 Å². The van der Waals surface area contributed by atoms with Crippen molar-refractivity contribution >= 4 is 39.3 Å². The number of aliphatic hydroxyl groups excluding tert-OH is 1. The maximum absolute atomic E-state index is 13.8. The topological polar surface area (TPSA) is 106 Å². The molecule has 0 bridgehead atoms. The summed E-state index contributed by atoms with van der Waals surface area (Å²) in [5.41, 5.74) is 2.77. The number of nitrogens with one attached hydrogen (secondary N) is 1. The predicted molar refractivity (Wildman–Crippen MR) is 163 cm³/mol. The van der Waals surface area contributed by atoms with Gasteiger partial charge in [0, 0.05) is 29.7 Å². The molecule has 11 heteroatoms. The van der Waals surface area contributed by atoms with Crippen molar-refractivity contribution in [3.05, 3.63) is 115 Å². The molecule has 1 aromatic heterocycles. The van der Waals surface area contributed by atoms with Crippen LogP contribution in [0.4, 0.5) is 0 Å². The van der Waals surface area contributed by atoms with Gasteiger partial charge in [0.05, 0.1) is 35.7 Å². The van der Waals surface area contributed by atoms with Gasteiger partial charge in [-0.05, 0) is 83.4 Å². The predicted octanol–water partition coefficient (Wildman–Crippen LogP) is 4.92. The van der Waals surface area contributed by atoms with E-state index in [-0.39, 0.29) is 49.6 Å². The summed E-state index contributed by atoms with van der Waals surface area (Å²) in [6.45, 7) is 4.59. The van der Waals surface area contributed by atoms with Gasteiger partial charge in [-0.1, -0.05) is 35.9 Å². The zero-order valence-corrected chi connectivity index (χ0v) is 25.5. The van der Waals surface area contributed by atoms with Crippen molar-refractivity contribution < 1.29 is 19.4 Å². The van der Waals surface area contributed by atoms with E-state index in [1.54, 1.807) is 64.1 Å². The Balaban J connectivity index is 1.51. The maximum Gasteiger partial charge on any atom is 0.333 e. The third-order valence-corrected chi connectivity index (χ3v) is 8.21. The Bertz CT molecular complexity index is 1680. The molecule has 3 aromatic carbocycles. The van der Waals surface area contributed by atoms with Crippen LogP contribution in [0.1, 0.15) is 51.5 Å². The third kappa shape index (κ3) is 6.16. The molecule has 218 valence electrons. The summed E-state index contributed by atoms with van der Waals surface area (Å²) < 4.78 is 9.38. The lowest BCUT2D eigenvalue weighted by atomic mass is 10.1. The fourth-order valence-corrected chi connectivity index (χ4v) is 5.32. The second-order valence-corrected chi connectivity index (χ2v) is 11.5. The number of aromatic nitrogens is 2. The lowest BCUT2D eigenvalue weighted by molar-refractivity contribution is 0.0706. The molecule has 5 rings (SSSR count). The number of fused-ring (bicyclic) bond motifs is 1. The van der Waals surface area contributed by atoms with E-state index in [0.717, 1.165) is 11.1 Å². The van der Waals surface area contributed by atoms with E-state index >= 15 is 0 Å². The van der Waals surface area contributed by atoms with Crippen molar-refractivity contribution in [1.82, 2.24) is 19.4 Å². The number of imidazole rings is 1. The molecular weight excluding hydrogens is 624 g/mol. The highest BCUT2D eigenvalue weighted by atomic mass is 79.9. The average Bonchev–Trinajstić information content (AvgIpc) is 3.28. The number of amides is 2. The Hall–Kier alpha value is -3.86. The van der Waals surface area contributed by atoms with Crippen molar-refractivity contribution in [3.63, 3.8) is 0 Å². The molecule has 0 saturated heterocycles. The highest BCUT2D eigenvalue weighted by Gasteiger charge is 2.32. The third-order valence-electron chi connectivity index (χ3n) is 6.97. The summed E-state index contributed by atoms with van der Waals surface area (Å²) in [6.07, 6.45) is -0.0164. The molecule has 0 atom stereocenters. The van der Waals surface area contributed by atoms with Crippen molar-refractivity contribution in [1.29, 1.82) is 0 Å². The van der Waals surface area contributed by atoms with E-state index < -0.39 is 5.91 Å². The fraction of sp³-hybridized carbons (Fsp3) is 0.258. The molecule has 2 heterocycles. The molecule has 0 radical (unpaired) electrons. The van der Waals surface area contributed by atoms with Gasteiger partial charge in [0.2, 0.25) is 0 Å². The van der Waals surface area contributed by atoms with Crippen LogP contribution in [-0.2, 0) is 26.2 Å². The zero-order valence-electron chi connectivity index (χ0n) is 23.1. The van der Waals surface area contributed by atoms with Gasteiger partial charge in [-0.15, -0.1) is 0 Å². The van der Waals surface area contributed by atoms with Gasteiger partial charge >= 0.3 is 5.69 Å². The summed E-state index contributed by atoms with van der Waals surface area (Å²) in [5, 5.41) is 12.7. The van der Waals surface area contributed by atoms with Crippen LogP contribution in [0, 0.1) is 0 Å². The van der Waals surface area contributed by atoms with Crippen molar-refractivity contribution in [2.45, 2.75) is 46.2 Å². The van der Waals surface area contributed by atoms with Crippen LogP contribution < -0.4 is 15.7 Å². The Morgan fingerprint density at radius 2 is 1.71 bits per heavy atom. The maximum atomic E-state index is 13.8. The van der Waals surface area contributed by atoms with Crippen molar-refractivity contribution in [2.75, 3.05) is 6.54 Å². The van der Waals surface area contributed by atoms with E-state index in [4.69, 9.17) is 16.3 Å². The minimum absolute atomic E-state index is 0.0164. The van der Waals surface area contributed by atoms with E-state index in [0.29, 0.717) is 38.7 Å². The van der Waals surface area contributed by atoms with Gasteiger partial charge in [0.1, 0.15) is 11.4 Å². The van der Waals surface area contributed by atoms with Gasteiger partial charge in [0.25, 0.3) is 11.8 Å². The SMILES string of the molecule is CC(C)Oc1ccc(-n2c(C(=O)NCc3ccc(CO)cc3)c3n(c2=O)CCN(C(=O)c2ccc(Br)c(Cl)c2)C3)cc1. The normalized spacial score (nSPS) is 12.8. The Labute approximate surface area is 256 Å². The largest absolute Gasteiger partial charge is 0.491 e. The van der Waals surface area contributed by atoms with E-state index in [9.17, 15) is 19.5 Å². The van der Waals surface area contributed by atoms with Crippen LogP contribution in [-0.4, -0.2) is 43.6 Å². The molecule has 2 amide bonds. The molecule has 9 nitrogen and oxygen atoms in total. The van der Waals surface area contributed by atoms with Crippen LogP contribution >= 0.6 is 27.5 Å². The number of carbonyl (C=O) groups is 2. The Morgan fingerprint density at radius 3 is 2.36 bits per heavy atom. The first kappa shape index (κ1) is 29.6. The minimum atomic E-state index is -0.449. The summed E-state index contributed by atoms with van der Waals surface area (Å²) in [6, 6.07) is 19.2. The summed E-state index contributed by atoms with van der Waals surface area (Å²) >= 11 is 9.58. The quantitative estimate of drug-likeness (QED) is 0.281. The summed E-state index contributed by atoms with van der Waals surface area (Å²) in [4.78, 5) is 42.6. The highest BCUT2D eigenvalue weighted by Crippen LogP contribution is 2.26. The number of hydrogen-bond donors (Lipinski definition) is 2. The minimum Gasteiger partial charge on any atom is -0.491 e. The van der Waals surface area contributed by atoms with Crippen LogP contribution in [0.25, 0.3) is 5.69 Å². The highest BCUT2D eigenvalue weighted by molar-refractivity contribution is 9.10. The first-order valence-corrected chi connectivity index (χ1v) is 14.7. The standard InChI is InChI=1S/C31H30BrClN4O5/c1-19(2)42-24-10-8-23(9-11-24)37-28(29(39)34-16-20-3-5-21(18-38)6-4-20)27-17-35(13-14-36(27)31(37)41)30(40)22-7-12-25(32)26(33)15-22/h3-12,15,19,38H,13-14,16-18H2,1-2H3,(H,34,39). The summed E-state index contributed by atoms with van der Waals surface area (Å²) in [5.74, 6) is -0.0510. The second-order valence-electron chi connectivity index (χ2n) is 10.2. The van der Waals surface area contributed by atoms with Crippen LogP contribution in [0.2, 0.25) is 5.02 Å². The number of benzene rings is 3. The molecular formula is C31H30BrClN4O5. The summed E-state index contributed by atoms with van der Waals surface area (Å²) in [7, 11) is 0. The number of ether oxygens (including phenoxy) is 1. The molecule has 0 aliphatic carbocycles. The molecule has 0 spiro atoms. The van der Waals surface area contributed by atoms with Gasteiger partial charge in [-0.25, -0.2) is 4.79 Å². The fourth-order valence-electron chi connectivity index (χ4n) is 4.89. The van der Waals surface area contributed by atoms with E-state index in [1.165, 1.54) is 4.57 Å². The van der Waals surface area contributed by atoms with E-state index in [2.05, 4.69) is 21.2 Å². The molecule has 1 aliphatic rings. The first-order chi connectivity index (χ1) is 20.2. The zero-order chi connectivity index (χ0) is 30.0. The average molecular weight is 654 g/mol. The van der Waals surface area contributed by atoms with Crippen molar-refractivity contribution in [2.24, 2.45) is 0 Å². The lowest BCUT2D eigenvalue weighted by Crippen LogP contribution is -2.41. The monoisotopic (exact) mass is 652 g/mol. The smallest absolute Gasteiger partial charge is 0.333 e. The molecule has 0 unspecified atom stereocenters. The molecule has 42 heavy (non-hydrogen) atoms. The number of rotatable bonds is 8. The van der Waals surface area contributed by atoms with Gasteiger partial charge < -0.3 is 20.1 Å². The number of aliphatic hydroxyl groups is 1. The molecule has 2 N–H and O–H groups in total. The lowest BCUT2D eigenvalue weighted by Gasteiger charge is -2.28. The van der Waals surface area contributed by atoms with Gasteiger partial charge in [-0.3, -0.25) is 18.7 Å². The Kier molecular flexibility index (Phi) is 8.86. The number of nitrogens with zero attached hydrogens (tertiary/aromatic N) is 3. The molecule has 0 fully saturated rings. The Morgan fingerprint density at radius 1 is 1.02 bits per heavy atom. The molecule has 1 aliphatic heterocycles. The number of halogens is 2. The second kappa shape index (κ2) is 12.6. The number of hydrogen-bond acceptors (Lipinski definition) is 5.